The minimum Gasteiger partial charge on any atom is -0.459 e. The molecular weight excluding hydrogens is 488 g/mol. The lowest BCUT2D eigenvalue weighted by Gasteiger charge is -2.29. The molecule has 0 spiro atoms. The highest BCUT2D eigenvalue weighted by atomic mass is 16.7. The van der Waals surface area contributed by atoms with E-state index in [9.17, 15) is 9.59 Å². The number of rotatable bonds is 10. The van der Waals surface area contributed by atoms with Crippen molar-refractivity contribution in [1.29, 1.82) is 0 Å². The van der Waals surface area contributed by atoms with Gasteiger partial charge in [-0.25, -0.2) is 4.98 Å². The fraction of sp³-hybridized carbons (Fsp3) is 0.321. The molecule has 0 aliphatic carbocycles. The summed E-state index contributed by atoms with van der Waals surface area (Å²) in [5, 5.41) is 12.7. The third kappa shape index (κ3) is 5.62. The van der Waals surface area contributed by atoms with Gasteiger partial charge in [-0.2, -0.15) is 0 Å². The number of aliphatic hydroxyl groups is 1. The summed E-state index contributed by atoms with van der Waals surface area (Å²) < 4.78 is 18.7. The van der Waals surface area contributed by atoms with Crippen molar-refractivity contribution in [2.24, 2.45) is 0 Å². The van der Waals surface area contributed by atoms with Gasteiger partial charge in [0.1, 0.15) is 5.82 Å². The van der Waals surface area contributed by atoms with Crippen LogP contribution in [0.4, 0.5) is 0 Å². The zero-order valence-corrected chi connectivity index (χ0v) is 21.1. The number of ether oxygens (including phenoxy) is 3. The summed E-state index contributed by atoms with van der Waals surface area (Å²) in [6, 6.07) is 15.3. The van der Waals surface area contributed by atoms with Gasteiger partial charge in [-0.05, 0) is 29.8 Å². The van der Waals surface area contributed by atoms with E-state index >= 15 is 0 Å². The van der Waals surface area contributed by atoms with Gasteiger partial charge in [0.2, 0.25) is 12.2 Å². The standard InChI is InChI=1S/C28H30N4O6/c1-18(34)32-17-21(20-6-2-5-9-24(20)32)19-14-25(38-27(15-19)37-13-12-36-11-10-33)28(35)29-16-26-30-22-7-3-4-8-23(22)31-26/h2-9,14,17,19,27,33H,10-13,15-16H2,1H3,(H,29,35)(H,30,31)/t19-,27+/m1/s1. The van der Waals surface area contributed by atoms with Gasteiger partial charge in [0, 0.05) is 30.8 Å². The summed E-state index contributed by atoms with van der Waals surface area (Å²) in [5.74, 6) is 0.0467. The first-order chi connectivity index (χ1) is 18.5. The van der Waals surface area contributed by atoms with Crippen LogP contribution in [0.1, 0.15) is 35.4 Å². The van der Waals surface area contributed by atoms with Crippen LogP contribution in [-0.2, 0) is 25.5 Å². The van der Waals surface area contributed by atoms with E-state index in [0.29, 0.717) is 12.2 Å². The molecule has 1 aliphatic heterocycles. The Morgan fingerprint density at radius 1 is 1.16 bits per heavy atom. The predicted molar refractivity (Wildman–Crippen MR) is 140 cm³/mol. The van der Waals surface area contributed by atoms with Crippen molar-refractivity contribution in [1.82, 2.24) is 19.9 Å². The molecule has 4 aromatic rings. The molecule has 38 heavy (non-hydrogen) atoms. The maximum atomic E-state index is 13.2. The van der Waals surface area contributed by atoms with Gasteiger partial charge in [0.15, 0.2) is 5.76 Å². The molecule has 10 nitrogen and oxygen atoms in total. The Balaban J connectivity index is 1.37. The molecule has 2 atom stereocenters. The smallest absolute Gasteiger partial charge is 0.286 e. The number of hydrogen-bond acceptors (Lipinski definition) is 7. The summed E-state index contributed by atoms with van der Waals surface area (Å²) in [4.78, 5) is 33.2. The first kappa shape index (κ1) is 25.7. The number of H-pyrrole nitrogens is 1. The second-order valence-electron chi connectivity index (χ2n) is 9.00. The Kier molecular flexibility index (Phi) is 7.83. The topological polar surface area (TPSA) is 128 Å². The second kappa shape index (κ2) is 11.6. The van der Waals surface area contributed by atoms with Gasteiger partial charge in [-0.3, -0.25) is 14.2 Å². The van der Waals surface area contributed by atoms with Crippen molar-refractivity contribution in [3.05, 3.63) is 78.0 Å². The Hall–Kier alpha value is -3.99. The van der Waals surface area contributed by atoms with Crippen LogP contribution in [0.2, 0.25) is 0 Å². The van der Waals surface area contributed by atoms with Gasteiger partial charge in [-0.1, -0.05) is 30.3 Å². The van der Waals surface area contributed by atoms with Crippen LogP contribution in [-0.4, -0.2) is 64.2 Å². The number of aliphatic hydroxyl groups excluding tert-OH is 1. The van der Waals surface area contributed by atoms with E-state index in [0.717, 1.165) is 27.5 Å². The molecule has 10 heteroatoms. The number of para-hydroxylation sites is 3. The molecular formula is C28H30N4O6. The maximum Gasteiger partial charge on any atom is 0.286 e. The molecule has 1 aliphatic rings. The quantitative estimate of drug-likeness (QED) is 0.275. The van der Waals surface area contributed by atoms with Crippen LogP contribution in [0, 0.1) is 0 Å². The molecule has 2 aromatic carbocycles. The van der Waals surface area contributed by atoms with Crippen LogP contribution in [0.3, 0.4) is 0 Å². The number of aromatic amines is 1. The third-order valence-electron chi connectivity index (χ3n) is 6.38. The molecule has 0 bridgehead atoms. The molecule has 0 unspecified atom stereocenters. The van der Waals surface area contributed by atoms with Crippen LogP contribution in [0.25, 0.3) is 21.9 Å². The number of nitrogens with zero attached hydrogens (tertiary/aromatic N) is 2. The van der Waals surface area contributed by atoms with Crippen molar-refractivity contribution >= 4 is 33.8 Å². The molecule has 0 saturated carbocycles. The summed E-state index contributed by atoms with van der Waals surface area (Å²) in [6.45, 7) is 2.39. The molecule has 0 fully saturated rings. The highest BCUT2D eigenvalue weighted by molar-refractivity contribution is 5.95. The molecule has 0 saturated heterocycles. The van der Waals surface area contributed by atoms with Crippen LogP contribution < -0.4 is 5.32 Å². The lowest BCUT2D eigenvalue weighted by molar-refractivity contribution is -0.151. The SMILES string of the molecule is CC(=O)n1cc([C@@H]2C=C(C(=O)NCc3nc4ccccc4[nH]3)O[C@H](OCCOCCO)C2)c2ccccc21. The minimum atomic E-state index is -0.700. The van der Waals surface area contributed by atoms with E-state index in [4.69, 9.17) is 19.3 Å². The van der Waals surface area contributed by atoms with E-state index in [1.54, 1.807) is 10.6 Å². The van der Waals surface area contributed by atoms with Crippen LogP contribution >= 0.6 is 0 Å². The third-order valence-corrected chi connectivity index (χ3v) is 6.38. The average Bonchev–Trinajstić information content (AvgIpc) is 3.53. The average molecular weight is 519 g/mol. The van der Waals surface area contributed by atoms with E-state index < -0.39 is 12.2 Å². The largest absolute Gasteiger partial charge is 0.459 e. The number of allylic oxidation sites excluding steroid dienone is 1. The van der Waals surface area contributed by atoms with Crippen molar-refractivity contribution in [2.75, 3.05) is 26.4 Å². The maximum absolute atomic E-state index is 13.2. The molecule has 1 amide bonds. The summed E-state index contributed by atoms with van der Waals surface area (Å²) in [6.07, 6.45) is 3.36. The number of amides is 1. The molecule has 0 radical (unpaired) electrons. The van der Waals surface area contributed by atoms with E-state index in [1.807, 2.05) is 54.7 Å². The lowest BCUT2D eigenvalue weighted by atomic mass is 9.92. The first-order valence-electron chi connectivity index (χ1n) is 12.5. The highest BCUT2D eigenvalue weighted by Crippen LogP contribution is 2.36. The van der Waals surface area contributed by atoms with Crippen LogP contribution in [0.15, 0.2) is 66.6 Å². The number of benzene rings is 2. The van der Waals surface area contributed by atoms with E-state index in [1.165, 1.54) is 6.92 Å². The van der Waals surface area contributed by atoms with Gasteiger partial charge >= 0.3 is 0 Å². The Labute approximate surface area is 219 Å². The molecule has 3 N–H and O–H groups in total. The fourth-order valence-corrected chi connectivity index (χ4v) is 4.64. The number of aromatic nitrogens is 3. The van der Waals surface area contributed by atoms with Gasteiger partial charge < -0.3 is 29.6 Å². The molecule has 3 heterocycles. The minimum absolute atomic E-state index is 0.0689. The second-order valence-corrected chi connectivity index (χ2v) is 9.00. The number of carbonyl (C=O) groups excluding carboxylic acids is 2. The van der Waals surface area contributed by atoms with Gasteiger partial charge in [-0.15, -0.1) is 0 Å². The van der Waals surface area contributed by atoms with E-state index in [2.05, 4.69) is 15.3 Å². The molecule has 5 rings (SSSR count). The summed E-state index contributed by atoms with van der Waals surface area (Å²) in [5.41, 5.74) is 3.43. The predicted octanol–water partition coefficient (Wildman–Crippen LogP) is 3.23. The number of hydrogen-bond donors (Lipinski definition) is 3. The number of carbonyl (C=O) groups is 2. The first-order valence-corrected chi connectivity index (χ1v) is 12.5. The van der Waals surface area contributed by atoms with Gasteiger partial charge in [0.05, 0.1) is 49.5 Å². The lowest BCUT2D eigenvalue weighted by Crippen LogP contribution is -2.33. The van der Waals surface area contributed by atoms with Gasteiger partial charge in [0.25, 0.3) is 5.91 Å². The Morgan fingerprint density at radius 3 is 2.79 bits per heavy atom. The van der Waals surface area contributed by atoms with Crippen molar-refractivity contribution in [3.63, 3.8) is 0 Å². The summed E-state index contributed by atoms with van der Waals surface area (Å²) >= 11 is 0. The van der Waals surface area contributed by atoms with E-state index in [-0.39, 0.29) is 50.6 Å². The van der Waals surface area contributed by atoms with Crippen molar-refractivity contribution in [2.45, 2.75) is 32.1 Å². The van der Waals surface area contributed by atoms with Crippen molar-refractivity contribution in [3.8, 4) is 0 Å². The highest BCUT2D eigenvalue weighted by Gasteiger charge is 2.31. The Morgan fingerprint density at radius 2 is 1.97 bits per heavy atom. The normalized spacial score (nSPS) is 17.4. The number of nitrogens with one attached hydrogen (secondary N) is 2. The zero-order valence-electron chi connectivity index (χ0n) is 21.1. The number of fused-ring (bicyclic) bond motifs is 2. The molecule has 2 aromatic heterocycles. The van der Waals surface area contributed by atoms with Crippen LogP contribution in [0.5, 0.6) is 0 Å². The fourth-order valence-electron chi connectivity index (χ4n) is 4.64. The number of imidazole rings is 1. The summed E-state index contributed by atoms with van der Waals surface area (Å²) in [7, 11) is 0. The Bertz CT molecular complexity index is 1440. The van der Waals surface area contributed by atoms with Crippen molar-refractivity contribution < 1.29 is 28.9 Å². The zero-order chi connectivity index (χ0) is 26.5. The monoisotopic (exact) mass is 518 g/mol. The molecule has 198 valence electrons.